The molecule has 0 aliphatic heterocycles. The molecule has 0 spiro atoms. The molecule has 0 radical (unpaired) electrons. The molecule has 1 rings (SSSR count). The standard InChI is InChI=1S/C8H10.CH4N4O4S/c1-7-5-3-4-6-8(7)2;2-3-1(6)4-5-10(7,8)9/h3-6H,1-2H3;2H2,(H,3,6)(H,7,8,9). The maximum atomic E-state index is 9.99. The molecule has 0 aliphatic carbocycles. The van der Waals surface area contributed by atoms with Crippen LogP contribution in [-0.4, -0.2) is 19.0 Å². The van der Waals surface area contributed by atoms with E-state index in [0.29, 0.717) is 0 Å². The van der Waals surface area contributed by atoms with E-state index in [0.717, 1.165) is 0 Å². The number of nitrogens with two attached hydrogens (primary N) is 1. The number of hydrogen-bond donors (Lipinski definition) is 3. The van der Waals surface area contributed by atoms with Crippen LogP contribution in [0.4, 0.5) is 4.79 Å². The molecule has 9 heteroatoms. The highest BCUT2D eigenvalue weighted by Gasteiger charge is 2.00. The molecule has 0 bridgehead atoms. The van der Waals surface area contributed by atoms with Crippen LogP contribution < -0.4 is 11.3 Å². The summed E-state index contributed by atoms with van der Waals surface area (Å²) in [4.78, 5) is 9.99. The van der Waals surface area contributed by atoms with E-state index in [1.807, 2.05) is 0 Å². The summed E-state index contributed by atoms with van der Waals surface area (Å²) in [7, 11) is -4.59. The molecule has 100 valence electrons. The Balaban J connectivity index is 0.000000327. The molecule has 0 saturated carbocycles. The lowest BCUT2D eigenvalue weighted by Crippen LogP contribution is -2.26. The van der Waals surface area contributed by atoms with Crippen molar-refractivity contribution < 1.29 is 17.8 Å². The number of benzene rings is 1. The maximum absolute atomic E-state index is 9.99. The van der Waals surface area contributed by atoms with Crippen molar-refractivity contribution in [2.75, 3.05) is 0 Å². The minimum absolute atomic E-state index is 1.17. The molecular formula is C9H14N4O4S. The largest absolute Gasteiger partial charge is 0.396 e. The summed E-state index contributed by atoms with van der Waals surface area (Å²) < 4.78 is 29.5. The topological polar surface area (TPSA) is 134 Å². The number of aryl methyl sites for hydroxylation is 2. The molecule has 0 atom stereocenters. The third kappa shape index (κ3) is 8.33. The number of nitrogens with zero attached hydrogens (tertiary/aromatic N) is 2. The van der Waals surface area contributed by atoms with Crippen molar-refractivity contribution in [3.63, 3.8) is 0 Å². The van der Waals surface area contributed by atoms with Gasteiger partial charge in [-0.1, -0.05) is 29.4 Å². The van der Waals surface area contributed by atoms with Crippen LogP contribution in [-0.2, 0) is 10.3 Å². The molecule has 8 nitrogen and oxygen atoms in total. The lowest BCUT2D eigenvalue weighted by molar-refractivity contribution is 0.248. The molecule has 1 aromatic carbocycles. The van der Waals surface area contributed by atoms with Gasteiger partial charge in [0.25, 0.3) is 0 Å². The molecule has 0 aliphatic rings. The molecule has 4 N–H and O–H groups in total. The monoisotopic (exact) mass is 274 g/mol. The molecule has 1 aromatic rings. The summed E-state index contributed by atoms with van der Waals surface area (Å²) in [5, 5.41) is 2.43. The lowest BCUT2D eigenvalue weighted by atomic mass is 10.1. The lowest BCUT2D eigenvalue weighted by Gasteiger charge is -1.93. The second kappa shape index (κ2) is 7.48. The van der Waals surface area contributed by atoms with E-state index in [9.17, 15) is 13.2 Å². The zero-order valence-electron chi connectivity index (χ0n) is 9.86. The van der Waals surface area contributed by atoms with Gasteiger partial charge in [-0.15, -0.1) is 0 Å². The predicted molar refractivity (Wildman–Crippen MR) is 65.0 cm³/mol. The number of amides is 2. The van der Waals surface area contributed by atoms with E-state index in [-0.39, 0.29) is 0 Å². The molecule has 0 aromatic heterocycles. The van der Waals surface area contributed by atoms with Crippen LogP contribution in [0.2, 0.25) is 0 Å². The number of carbonyl (C=O) groups is 1. The van der Waals surface area contributed by atoms with Crippen LogP contribution in [0.1, 0.15) is 11.1 Å². The highest BCUT2D eigenvalue weighted by molar-refractivity contribution is 7.84. The summed E-state index contributed by atoms with van der Waals surface area (Å²) in [6.45, 7) is 4.24. The number of nitrogens with one attached hydrogen (secondary N) is 1. The van der Waals surface area contributed by atoms with Crippen LogP contribution in [0, 0.1) is 13.8 Å². The van der Waals surface area contributed by atoms with Crippen molar-refractivity contribution in [1.82, 2.24) is 5.43 Å². The Bertz CT molecular complexity index is 506. The second-order valence-electron chi connectivity index (χ2n) is 3.16. The van der Waals surface area contributed by atoms with Gasteiger partial charge in [0, 0.05) is 0 Å². The van der Waals surface area contributed by atoms with E-state index in [2.05, 4.69) is 53.6 Å². The van der Waals surface area contributed by atoms with Gasteiger partial charge in [0.1, 0.15) is 0 Å². The summed E-state index contributed by atoms with van der Waals surface area (Å²) in [6.07, 6.45) is 0. The zero-order chi connectivity index (χ0) is 14.2. The number of urea groups is 1. The van der Waals surface area contributed by atoms with Crippen LogP contribution in [0.25, 0.3) is 0 Å². The third-order valence-corrected chi connectivity index (χ3v) is 2.07. The van der Waals surface area contributed by atoms with Crippen molar-refractivity contribution in [2.24, 2.45) is 15.5 Å². The average molecular weight is 274 g/mol. The summed E-state index contributed by atoms with van der Waals surface area (Å²) in [5.74, 6) is 4.47. The highest BCUT2D eigenvalue weighted by Crippen LogP contribution is 2.02. The van der Waals surface area contributed by atoms with E-state index >= 15 is 0 Å². The van der Waals surface area contributed by atoms with Crippen LogP contribution in [0.3, 0.4) is 0 Å². The molecule has 0 heterocycles. The Morgan fingerprint density at radius 2 is 1.72 bits per heavy atom. The Hall–Kier alpha value is -1.84. The minimum atomic E-state index is -4.59. The first kappa shape index (κ1) is 16.2. The number of hydrazine groups is 1. The summed E-state index contributed by atoms with van der Waals surface area (Å²) in [6, 6.07) is 7.19. The van der Waals surface area contributed by atoms with E-state index in [1.54, 1.807) is 0 Å². The van der Waals surface area contributed by atoms with E-state index < -0.39 is 16.3 Å². The Labute approximate surface area is 105 Å². The van der Waals surface area contributed by atoms with Crippen molar-refractivity contribution in [1.29, 1.82) is 0 Å². The van der Waals surface area contributed by atoms with Gasteiger partial charge in [-0.2, -0.15) is 8.42 Å². The van der Waals surface area contributed by atoms with Crippen molar-refractivity contribution in [3.05, 3.63) is 35.4 Å². The minimum Gasteiger partial charge on any atom is -0.273 e. The van der Waals surface area contributed by atoms with Crippen molar-refractivity contribution in [3.8, 4) is 0 Å². The number of rotatable bonds is 1. The number of hydrogen-bond acceptors (Lipinski definition) is 4. The zero-order valence-corrected chi connectivity index (χ0v) is 10.7. The van der Waals surface area contributed by atoms with Crippen LogP contribution in [0.5, 0.6) is 0 Å². The van der Waals surface area contributed by atoms with Gasteiger partial charge in [-0.25, -0.2) is 10.6 Å². The van der Waals surface area contributed by atoms with Crippen molar-refractivity contribution in [2.45, 2.75) is 13.8 Å². The normalized spacial score (nSPS) is 10.7. The first-order chi connectivity index (χ1) is 8.26. The van der Waals surface area contributed by atoms with Gasteiger partial charge >= 0.3 is 16.3 Å². The fourth-order valence-electron chi connectivity index (χ4n) is 0.780. The van der Waals surface area contributed by atoms with Crippen LogP contribution in [0.15, 0.2) is 33.9 Å². The molecule has 18 heavy (non-hydrogen) atoms. The summed E-state index contributed by atoms with van der Waals surface area (Å²) >= 11 is 0. The van der Waals surface area contributed by atoms with Gasteiger partial charge in [-0.3, -0.25) is 9.98 Å². The quantitative estimate of drug-likeness (QED) is 0.232. The van der Waals surface area contributed by atoms with E-state index in [1.165, 1.54) is 16.6 Å². The third-order valence-electron chi connectivity index (χ3n) is 1.78. The Morgan fingerprint density at radius 3 is 2.00 bits per heavy atom. The fraction of sp³-hybridized carbons (Fsp3) is 0.222. The Kier molecular flexibility index (Phi) is 6.71. The first-order valence-corrected chi connectivity index (χ1v) is 6.09. The van der Waals surface area contributed by atoms with Gasteiger partial charge < -0.3 is 0 Å². The van der Waals surface area contributed by atoms with Gasteiger partial charge in [0.15, 0.2) is 0 Å². The first-order valence-electron chi connectivity index (χ1n) is 4.69. The number of carbonyl (C=O) groups excluding carboxylic acids is 1. The molecule has 0 fully saturated rings. The highest BCUT2D eigenvalue weighted by atomic mass is 32.2. The van der Waals surface area contributed by atoms with Crippen LogP contribution >= 0.6 is 0 Å². The molecule has 2 amide bonds. The van der Waals surface area contributed by atoms with Gasteiger partial charge in [0.05, 0.1) is 0 Å². The molecule has 0 unspecified atom stereocenters. The molecular weight excluding hydrogens is 260 g/mol. The van der Waals surface area contributed by atoms with Gasteiger partial charge in [0.2, 0.25) is 0 Å². The van der Waals surface area contributed by atoms with Crippen molar-refractivity contribution >= 4 is 16.3 Å². The fourth-order valence-corrected chi connectivity index (χ4v) is 0.958. The van der Waals surface area contributed by atoms with E-state index in [4.69, 9.17) is 4.55 Å². The molecule has 0 saturated heterocycles. The predicted octanol–water partition coefficient (Wildman–Crippen LogP) is 1.13. The van der Waals surface area contributed by atoms with Gasteiger partial charge in [-0.05, 0) is 29.5 Å². The smallest absolute Gasteiger partial charge is 0.273 e. The SMILES string of the molecule is Cc1ccccc1C.NNC(=O)N=NS(=O)(=O)O. The summed E-state index contributed by atoms with van der Waals surface area (Å²) in [5.41, 5.74) is 4.20. The Morgan fingerprint density at radius 1 is 1.28 bits per heavy atom. The second-order valence-corrected chi connectivity index (χ2v) is 4.22. The maximum Gasteiger partial charge on any atom is 0.396 e. The average Bonchev–Trinajstić information content (AvgIpc) is 2.30.